The first-order valence-corrected chi connectivity index (χ1v) is 7.48. The highest BCUT2D eigenvalue weighted by Crippen LogP contribution is 2.15. The second kappa shape index (κ2) is 8.03. The van der Waals surface area contributed by atoms with E-state index in [1.165, 1.54) is 0 Å². The van der Waals surface area contributed by atoms with Gasteiger partial charge in [-0.05, 0) is 52.3 Å². The topological polar surface area (TPSA) is 47.6 Å². The molecule has 1 aromatic rings. The summed E-state index contributed by atoms with van der Waals surface area (Å²) in [6.07, 6.45) is 0.535. The van der Waals surface area contributed by atoms with Crippen LogP contribution in [0.1, 0.15) is 46.6 Å². The molecule has 0 atom stereocenters. The molecule has 1 N–H and O–H groups in total. The van der Waals surface area contributed by atoms with Crippen molar-refractivity contribution in [3.05, 3.63) is 29.8 Å². The molecule has 0 unspecified atom stereocenters. The summed E-state index contributed by atoms with van der Waals surface area (Å²) in [7, 11) is 0. The fourth-order valence-corrected chi connectivity index (χ4v) is 1.93. The van der Waals surface area contributed by atoms with Crippen LogP contribution in [0.4, 0.5) is 0 Å². The van der Waals surface area contributed by atoms with Gasteiger partial charge in [0, 0.05) is 12.1 Å². The van der Waals surface area contributed by atoms with Crippen molar-refractivity contribution in [2.75, 3.05) is 6.61 Å². The number of benzene rings is 1. The Bertz CT molecular complexity index is 438. The number of hydrogen-bond acceptors (Lipinski definition) is 4. The van der Waals surface area contributed by atoms with Crippen LogP contribution < -0.4 is 10.1 Å². The van der Waals surface area contributed by atoms with Gasteiger partial charge in [-0.1, -0.05) is 12.1 Å². The van der Waals surface area contributed by atoms with Gasteiger partial charge in [0.1, 0.15) is 5.75 Å². The maximum atomic E-state index is 11.5. The van der Waals surface area contributed by atoms with E-state index in [0.29, 0.717) is 19.6 Å². The SMILES string of the molecule is CCOC(=O)CC(C)(C)NCc1ccc(OC(C)C)cc1. The molecule has 0 saturated carbocycles. The summed E-state index contributed by atoms with van der Waals surface area (Å²) in [5.74, 6) is 0.704. The summed E-state index contributed by atoms with van der Waals surface area (Å²) in [6, 6.07) is 8.00. The molecule has 118 valence electrons. The summed E-state index contributed by atoms with van der Waals surface area (Å²) in [4.78, 5) is 11.5. The lowest BCUT2D eigenvalue weighted by atomic mass is 10.0. The molecule has 1 aromatic carbocycles. The van der Waals surface area contributed by atoms with Gasteiger partial charge in [-0.2, -0.15) is 0 Å². The first kappa shape index (κ1) is 17.5. The highest BCUT2D eigenvalue weighted by molar-refractivity contribution is 5.70. The lowest BCUT2D eigenvalue weighted by molar-refractivity contribution is -0.144. The Morgan fingerprint density at radius 1 is 1.24 bits per heavy atom. The third-order valence-electron chi connectivity index (χ3n) is 2.96. The second-order valence-electron chi connectivity index (χ2n) is 6.03. The van der Waals surface area contributed by atoms with Crippen LogP contribution in [-0.4, -0.2) is 24.2 Å². The number of carbonyl (C=O) groups is 1. The number of nitrogens with one attached hydrogen (secondary N) is 1. The summed E-state index contributed by atoms with van der Waals surface area (Å²) < 4.78 is 10.6. The number of rotatable bonds is 8. The molecule has 0 aromatic heterocycles. The molecule has 0 radical (unpaired) electrons. The maximum absolute atomic E-state index is 11.5. The lowest BCUT2D eigenvalue weighted by Crippen LogP contribution is -2.41. The van der Waals surface area contributed by atoms with Crippen molar-refractivity contribution < 1.29 is 14.3 Å². The van der Waals surface area contributed by atoms with E-state index in [-0.39, 0.29) is 17.6 Å². The highest BCUT2D eigenvalue weighted by atomic mass is 16.5. The van der Waals surface area contributed by atoms with Crippen molar-refractivity contribution in [1.29, 1.82) is 0 Å². The van der Waals surface area contributed by atoms with Crippen molar-refractivity contribution in [3.63, 3.8) is 0 Å². The van der Waals surface area contributed by atoms with Gasteiger partial charge in [0.25, 0.3) is 0 Å². The Balaban J connectivity index is 2.48. The van der Waals surface area contributed by atoms with Crippen LogP contribution in [0, 0.1) is 0 Å². The minimum atomic E-state index is -0.292. The summed E-state index contributed by atoms with van der Waals surface area (Å²) in [5.41, 5.74) is 0.863. The summed E-state index contributed by atoms with van der Waals surface area (Å²) >= 11 is 0. The number of hydrogen-bond donors (Lipinski definition) is 1. The third kappa shape index (κ3) is 7.14. The van der Waals surface area contributed by atoms with Crippen molar-refractivity contribution >= 4 is 5.97 Å². The molecule has 1 rings (SSSR count). The van der Waals surface area contributed by atoms with E-state index in [4.69, 9.17) is 9.47 Å². The third-order valence-corrected chi connectivity index (χ3v) is 2.96. The molecule has 0 heterocycles. The van der Waals surface area contributed by atoms with Crippen LogP contribution in [0.5, 0.6) is 5.75 Å². The molecule has 21 heavy (non-hydrogen) atoms. The number of carbonyl (C=O) groups excluding carboxylic acids is 1. The zero-order valence-electron chi connectivity index (χ0n) is 13.7. The smallest absolute Gasteiger partial charge is 0.307 e. The monoisotopic (exact) mass is 293 g/mol. The fourth-order valence-electron chi connectivity index (χ4n) is 1.93. The van der Waals surface area contributed by atoms with Gasteiger partial charge in [0.05, 0.1) is 19.1 Å². The zero-order valence-corrected chi connectivity index (χ0v) is 13.7. The largest absolute Gasteiger partial charge is 0.491 e. The van der Waals surface area contributed by atoms with E-state index < -0.39 is 0 Å². The minimum Gasteiger partial charge on any atom is -0.491 e. The average Bonchev–Trinajstić information content (AvgIpc) is 2.37. The molecule has 0 fully saturated rings. The molecular weight excluding hydrogens is 266 g/mol. The Hall–Kier alpha value is -1.55. The summed E-state index contributed by atoms with van der Waals surface area (Å²) in [6.45, 7) is 11.0. The van der Waals surface area contributed by atoms with Crippen LogP contribution in [0.25, 0.3) is 0 Å². The average molecular weight is 293 g/mol. The maximum Gasteiger partial charge on any atom is 0.307 e. The van der Waals surface area contributed by atoms with Crippen molar-refractivity contribution in [3.8, 4) is 5.75 Å². The number of esters is 1. The van der Waals surface area contributed by atoms with Gasteiger partial charge in [-0.15, -0.1) is 0 Å². The normalized spacial score (nSPS) is 11.5. The van der Waals surface area contributed by atoms with Gasteiger partial charge in [-0.3, -0.25) is 4.79 Å². The first-order chi connectivity index (χ1) is 9.82. The number of ether oxygens (including phenoxy) is 2. The molecule has 0 bridgehead atoms. The quantitative estimate of drug-likeness (QED) is 0.747. The highest BCUT2D eigenvalue weighted by Gasteiger charge is 2.21. The Morgan fingerprint density at radius 2 is 1.86 bits per heavy atom. The molecule has 0 saturated heterocycles. The molecule has 0 aliphatic rings. The second-order valence-corrected chi connectivity index (χ2v) is 6.03. The molecule has 4 heteroatoms. The van der Waals surface area contributed by atoms with E-state index in [9.17, 15) is 4.79 Å². The van der Waals surface area contributed by atoms with Crippen LogP contribution in [0.3, 0.4) is 0 Å². The van der Waals surface area contributed by atoms with Gasteiger partial charge >= 0.3 is 5.97 Å². The van der Waals surface area contributed by atoms with E-state index >= 15 is 0 Å². The van der Waals surface area contributed by atoms with Crippen molar-refractivity contribution in [1.82, 2.24) is 5.32 Å². The Labute approximate surface area is 127 Å². The van der Waals surface area contributed by atoms with Crippen LogP contribution in [-0.2, 0) is 16.1 Å². The van der Waals surface area contributed by atoms with Gasteiger partial charge in [-0.25, -0.2) is 0 Å². The Morgan fingerprint density at radius 3 is 2.38 bits per heavy atom. The van der Waals surface area contributed by atoms with Crippen LogP contribution >= 0.6 is 0 Å². The van der Waals surface area contributed by atoms with Crippen molar-refractivity contribution in [2.45, 2.75) is 59.2 Å². The van der Waals surface area contributed by atoms with Crippen LogP contribution in [0.15, 0.2) is 24.3 Å². The Kier molecular flexibility index (Phi) is 6.69. The van der Waals surface area contributed by atoms with Crippen molar-refractivity contribution in [2.24, 2.45) is 0 Å². The van der Waals surface area contributed by atoms with Gasteiger partial charge in [0.15, 0.2) is 0 Å². The summed E-state index contributed by atoms with van der Waals surface area (Å²) in [5, 5.41) is 3.38. The molecule has 0 spiro atoms. The van der Waals surface area contributed by atoms with E-state index in [2.05, 4.69) is 5.32 Å². The molecule has 0 aliphatic heterocycles. The zero-order chi connectivity index (χ0) is 15.9. The lowest BCUT2D eigenvalue weighted by Gasteiger charge is -2.25. The predicted octanol–water partition coefficient (Wildman–Crippen LogP) is 3.30. The molecule has 0 aliphatic carbocycles. The molecule has 4 nitrogen and oxygen atoms in total. The van der Waals surface area contributed by atoms with E-state index in [0.717, 1.165) is 11.3 Å². The van der Waals surface area contributed by atoms with Gasteiger partial charge < -0.3 is 14.8 Å². The standard InChI is InChI=1S/C17H27NO3/c1-6-20-16(19)11-17(4,5)18-12-14-7-9-15(10-8-14)21-13(2)3/h7-10,13,18H,6,11-12H2,1-5H3. The van der Waals surface area contributed by atoms with E-state index in [1.54, 1.807) is 0 Å². The molecule has 0 amide bonds. The van der Waals surface area contributed by atoms with E-state index in [1.807, 2.05) is 58.9 Å². The van der Waals surface area contributed by atoms with Crippen LogP contribution in [0.2, 0.25) is 0 Å². The van der Waals surface area contributed by atoms with Gasteiger partial charge in [0.2, 0.25) is 0 Å². The fraction of sp³-hybridized carbons (Fsp3) is 0.588. The first-order valence-electron chi connectivity index (χ1n) is 7.48. The minimum absolute atomic E-state index is 0.171. The molecular formula is C17H27NO3. The predicted molar refractivity (Wildman–Crippen MR) is 84.4 cm³/mol.